The first kappa shape index (κ1) is 38.4. The molecule has 3 saturated carbocycles. The second kappa shape index (κ2) is 13.1. The zero-order chi connectivity index (χ0) is 38.4. The van der Waals surface area contributed by atoms with Gasteiger partial charge in [0, 0.05) is 39.6 Å². The topological polar surface area (TPSA) is 148 Å². The first-order chi connectivity index (χ1) is 24.8. The molecule has 1 aliphatic heterocycles. The predicted octanol–water partition coefficient (Wildman–Crippen LogP) is 7.99. The van der Waals surface area contributed by atoms with Crippen molar-refractivity contribution in [1.29, 1.82) is 0 Å². The fraction of sp³-hybridized carbons (Fsp3) is 0.786. The van der Waals surface area contributed by atoms with Gasteiger partial charge < -0.3 is 25.1 Å². The van der Waals surface area contributed by atoms with Gasteiger partial charge in [0.05, 0.1) is 38.2 Å². The van der Waals surface area contributed by atoms with Gasteiger partial charge in [-0.1, -0.05) is 74.0 Å². The van der Waals surface area contributed by atoms with Gasteiger partial charge in [-0.05, 0) is 80.5 Å². The number of hydrogen-bond acceptors (Lipinski definition) is 9. The smallest absolute Gasteiger partial charge is 0.450 e. The van der Waals surface area contributed by atoms with Crippen LogP contribution in [0.25, 0.3) is 11.5 Å². The number of nitrogens with two attached hydrogens (primary N) is 1. The Hall–Kier alpha value is -2.89. The second-order valence-electron chi connectivity index (χ2n) is 19.6. The van der Waals surface area contributed by atoms with Gasteiger partial charge in [0.25, 0.3) is 0 Å². The van der Waals surface area contributed by atoms with Crippen LogP contribution in [0.1, 0.15) is 114 Å². The van der Waals surface area contributed by atoms with E-state index in [1.807, 2.05) is 11.0 Å². The lowest BCUT2D eigenvalue weighted by Gasteiger charge is -2.71. The van der Waals surface area contributed by atoms with Gasteiger partial charge in [-0.2, -0.15) is 0 Å². The highest BCUT2D eigenvalue weighted by Gasteiger charge is 2.72. The van der Waals surface area contributed by atoms with Crippen LogP contribution in [0, 0.1) is 56.7 Å². The Morgan fingerprint density at radius 1 is 1.08 bits per heavy atom. The Kier molecular flexibility index (Phi) is 9.50. The van der Waals surface area contributed by atoms with Crippen molar-refractivity contribution in [3.05, 3.63) is 36.6 Å². The standard InChI is InChI=1S/C42H64N6O5/c1-25(2)27(5)37(6)15-16-39(8)28-11-12-32-38(7)21-51-23-42(32,29(28)13-14-40(39,9)35(37)53-36(49)50)19-31(33(38)52-22-41(10,43)26(3)4)48-24-46-34(47-48)30-20-44-17-18-45-30/h13,17-18,20,24-28,31-33,35H,11-12,14-16,19,21-23,43H2,1-10H3,(H,49,50)/t27-,28+,31-,32+,33+,35-,37-,38-,39-,40-,41+,42+/m1/s1. The summed E-state index contributed by atoms with van der Waals surface area (Å²) in [6.45, 7) is 24.3. The van der Waals surface area contributed by atoms with Crippen molar-refractivity contribution >= 4 is 6.16 Å². The van der Waals surface area contributed by atoms with Crippen molar-refractivity contribution in [3.63, 3.8) is 0 Å². The van der Waals surface area contributed by atoms with Crippen LogP contribution in [0.5, 0.6) is 0 Å². The van der Waals surface area contributed by atoms with E-state index in [-0.39, 0.29) is 51.1 Å². The van der Waals surface area contributed by atoms with Crippen molar-refractivity contribution < 1.29 is 24.1 Å². The number of hydrogen-bond donors (Lipinski definition) is 2. The summed E-state index contributed by atoms with van der Waals surface area (Å²) in [5, 5.41) is 15.3. The van der Waals surface area contributed by atoms with Crippen LogP contribution < -0.4 is 5.73 Å². The van der Waals surface area contributed by atoms with Gasteiger partial charge >= 0.3 is 6.16 Å². The molecule has 2 aromatic heterocycles. The SMILES string of the molecule is CC(C)[C@@H](C)[C@@]1(C)CC[C@]2(C)[C@H]3CC[C@@H]4[C@@]5(COC[C@@]4(C)[C@@H](OC[C@](C)(N)C(C)C)[C@H](n4cnc(-c6cnccn6)n4)C5)C3=CC[C@]2(C)[C@@H]1OC(=O)O. The largest absolute Gasteiger partial charge is 0.506 e. The summed E-state index contributed by atoms with van der Waals surface area (Å²) in [7, 11) is 0. The van der Waals surface area contributed by atoms with E-state index < -0.39 is 17.8 Å². The van der Waals surface area contributed by atoms with Gasteiger partial charge in [0.1, 0.15) is 18.1 Å². The molecule has 4 fully saturated rings. The zero-order valence-electron chi connectivity index (χ0n) is 33.8. The maximum absolute atomic E-state index is 12.5. The van der Waals surface area contributed by atoms with Crippen LogP contribution in [-0.4, -0.2) is 73.6 Å². The second-order valence-corrected chi connectivity index (χ2v) is 19.6. The Labute approximate surface area is 316 Å². The minimum Gasteiger partial charge on any atom is -0.450 e. The van der Waals surface area contributed by atoms with Gasteiger partial charge in [0.2, 0.25) is 5.82 Å². The van der Waals surface area contributed by atoms with Crippen LogP contribution in [0.2, 0.25) is 0 Å². The van der Waals surface area contributed by atoms with Crippen LogP contribution in [-0.2, 0) is 14.2 Å². The number of carbonyl (C=O) groups is 1. The molecule has 0 unspecified atom stereocenters. The van der Waals surface area contributed by atoms with Crippen LogP contribution in [0.4, 0.5) is 4.79 Å². The molecule has 0 radical (unpaired) electrons. The highest BCUT2D eigenvalue weighted by Crippen LogP contribution is 2.74. The third-order valence-electron chi connectivity index (χ3n) is 16.5. The molecular formula is C42H64N6O5. The minimum absolute atomic E-state index is 0.119. The summed E-state index contributed by atoms with van der Waals surface area (Å²) < 4.78 is 22.0. The Bertz CT molecular complexity index is 1710. The van der Waals surface area contributed by atoms with E-state index in [4.69, 9.17) is 30.0 Å². The molecular weight excluding hydrogens is 668 g/mol. The molecule has 2 aromatic rings. The molecule has 5 aliphatic rings. The number of allylic oxidation sites excluding steroid dienone is 1. The van der Waals surface area contributed by atoms with E-state index >= 15 is 0 Å². The normalized spacial score (nSPS) is 41.1. The summed E-state index contributed by atoms with van der Waals surface area (Å²) in [5.41, 5.74) is 7.15. The molecule has 292 valence electrons. The van der Waals surface area contributed by atoms with Crippen LogP contribution in [0.3, 0.4) is 0 Å². The Balaban J connectivity index is 1.32. The summed E-state index contributed by atoms with van der Waals surface area (Å²) in [6.07, 6.45) is 13.2. The molecule has 11 heteroatoms. The zero-order valence-corrected chi connectivity index (χ0v) is 33.8. The number of fused-ring (bicyclic) bond motifs is 3. The van der Waals surface area contributed by atoms with Crippen molar-refractivity contribution in [2.24, 2.45) is 62.4 Å². The molecule has 3 heterocycles. The molecule has 53 heavy (non-hydrogen) atoms. The average Bonchev–Trinajstić information content (AvgIpc) is 3.60. The monoisotopic (exact) mass is 732 g/mol. The Morgan fingerprint density at radius 3 is 2.49 bits per heavy atom. The quantitative estimate of drug-likeness (QED) is 0.192. The van der Waals surface area contributed by atoms with Gasteiger partial charge in [-0.25, -0.2) is 19.4 Å². The summed E-state index contributed by atoms with van der Waals surface area (Å²) >= 11 is 0. The molecule has 2 bridgehead atoms. The highest BCUT2D eigenvalue weighted by molar-refractivity contribution is 5.57. The van der Waals surface area contributed by atoms with Crippen LogP contribution >= 0.6 is 0 Å². The van der Waals surface area contributed by atoms with E-state index in [0.29, 0.717) is 49.1 Å². The number of nitrogens with zero attached hydrogens (tertiary/aromatic N) is 5. The fourth-order valence-corrected chi connectivity index (χ4v) is 12.3. The van der Waals surface area contributed by atoms with Crippen molar-refractivity contribution in [2.45, 2.75) is 132 Å². The molecule has 0 amide bonds. The van der Waals surface area contributed by atoms with Crippen molar-refractivity contribution in [2.75, 3.05) is 19.8 Å². The van der Waals surface area contributed by atoms with E-state index in [1.165, 1.54) is 5.57 Å². The van der Waals surface area contributed by atoms with Gasteiger partial charge in [-0.3, -0.25) is 4.98 Å². The fourth-order valence-electron chi connectivity index (χ4n) is 12.3. The highest BCUT2D eigenvalue weighted by atomic mass is 16.7. The van der Waals surface area contributed by atoms with E-state index in [2.05, 4.69) is 85.3 Å². The lowest BCUT2D eigenvalue weighted by molar-refractivity contribution is -0.256. The van der Waals surface area contributed by atoms with Crippen LogP contribution in [0.15, 0.2) is 36.6 Å². The number of ether oxygens (including phenoxy) is 3. The molecule has 1 saturated heterocycles. The number of carboxylic acid groups (broad SMARTS) is 1. The minimum atomic E-state index is -1.17. The molecule has 7 rings (SSSR count). The lowest BCUT2D eigenvalue weighted by atomic mass is 9.35. The van der Waals surface area contributed by atoms with Crippen molar-refractivity contribution in [1.82, 2.24) is 24.7 Å². The summed E-state index contributed by atoms with van der Waals surface area (Å²) in [4.78, 5) is 26.0. The first-order valence-corrected chi connectivity index (χ1v) is 20.1. The third-order valence-corrected chi connectivity index (χ3v) is 16.5. The lowest BCUT2D eigenvalue weighted by Crippen LogP contribution is -2.70. The third kappa shape index (κ3) is 5.71. The molecule has 0 aromatic carbocycles. The van der Waals surface area contributed by atoms with Gasteiger partial charge in [-0.15, -0.1) is 5.10 Å². The van der Waals surface area contributed by atoms with E-state index in [0.717, 1.165) is 38.5 Å². The first-order valence-electron chi connectivity index (χ1n) is 20.1. The summed E-state index contributed by atoms with van der Waals surface area (Å²) in [6, 6.07) is -0.119. The van der Waals surface area contributed by atoms with Gasteiger partial charge in [0.15, 0.2) is 0 Å². The van der Waals surface area contributed by atoms with E-state index in [1.54, 1.807) is 18.6 Å². The molecule has 12 atom stereocenters. The predicted molar refractivity (Wildman–Crippen MR) is 203 cm³/mol. The molecule has 4 aliphatic carbocycles. The van der Waals surface area contributed by atoms with E-state index in [9.17, 15) is 9.90 Å². The Morgan fingerprint density at radius 2 is 1.83 bits per heavy atom. The van der Waals surface area contributed by atoms with Crippen molar-refractivity contribution in [3.8, 4) is 11.5 Å². The maximum atomic E-state index is 12.5. The number of aromatic nitrogens is 5. The average molecular weight is 733 g/mol. The molecule has 0 spiro atoms. The molecule has 3 N–H and O–H groups in total. The number of rotatable bonds is 9. The maximum Gasteiger partial charge on any atom is 0.506 e. The summed E-state index contributed by atoms with van der Waals surface area (Å²) in [5.74, 6) is 2.11. The molecule has 11 nitrogen and oxygen atoms in total.